The van der Waals surface area contributed by atoms with Crippen molar-refractivity contribution in [1.29, 1.82) is 0 Å². The van der Waals surface area contributed by atoms with E-state index in [2.05, 4.69) is 20.0 Å². The van der Waals surface area contributed by atoms with Gasteiger partial charge >= 0.3 is 0 Å². The smallest absolute Gasteiger partial charge is 0.229 e. The third-order valence-electron chi connectivity index (χ3n) is 5.06. The lowest BCUT2D eigenvalue weighted by Gasteiger charge is -2.26. The Morgan fingerprint density at radius 2 is 2.00 bits per heavy atom. The Bertz CT molecular complexity index is 996. The van der Waals surface area contributed by atoms with E-state index < -0.39 is 0 Å². The van der Waals surface area contributed by atoms with Gasteiger partial charge in [-0.1, -0.05) is 17.3 Å². The Morgan fingerprint density at radius 1 is 1.15 bits per heavy atom. The number of aromatic nitrogens is 3. The first-order chi connectivity index (χ1) is 13.3. The summed E-state index contributed by atoms with van der Waals surface area (Å²) in [5.74, 6) is 0.730. The van der Waals surface area contributed by atoms with Crippen LogP contribution in [0.15, 0.2) is 35.0 Å². The molecule has 4 heterocycles. The summed E-state index contributed by atoms with van der Waals surface area (Å²) in [6.45, 7) is 4.01. The normalized spacial score (nSPS) is 16.7. The average molecular weight is 365 g/mol. The first-order valence-corrected chi connectivity index (χ1v) is 9.06. The molecule has 2 aliphatic rings. The predicted octanol–water partition coefficient (Wildman–Crippen LogP) is 1.54. The lowest BCUT2D eigenvalue weighted by atomic mass is 10.1. The van der Waals surface area contributed by atoms with Gasteiger partial charge in [0.05, 0.1) is 31.9 Å². The molecule has 0 unspecified atom stereocenters. The number of ether oxygens (including phenoxy) is 1. The minimum absolute atomic E-state index is 0.0139. The molecular weight excluding hydrogens is 346 g/mol. The van der Waals surface area contributed by atoms with Crippen LogP contribution >= 0.6 is 0 Å². The summed E-state index contributed by atoms with van der Waals surface area (Å²) < 4.78 is 10.7. The Kier molecular flexibility index (Phi) is 3.97. The number of carbonyl (C=O) groups is 1. The van der Waals surface area contributed by atoms with E-state index >= 15 is 0 Å². The van der Waals surface area contributed by atoms with Crippen molar-refractivity contribution in [2.45, 2.75) is 19.5 Å². The second-order valence-corrected chi connectivity index (χ2v) is 6.79. The minimum atomic E-state index is 0.0139. The van der Waals surface area contributed by atoms with Gasteiger partial charge in [-0.15, -0.1) is 0 Å². The molecule has 0 radical (unpaired) electrons. The highest BCUT2D eigenvalue weighted by Crippen LogP contribution is 2.25. The van der Waals surface area contributed by atoms with Crippen molar-refractivity contribution in [3.63, 3.8) is 0 Å². The number of benzene rings is 1. The molecule has 1 amide bonds. The molecule has 0 spiro atoms. The average Bonchev–Trinajstić information content (AvgIpc) is 3.32. The van der Waals surface area contributed by atoms with E-state index in [4.69, 9.17) is 9.26 Å². The van der Waals surface area contributed by atoms with Crippen LogP contribution in [0.4, 0.5) is 5.95 Å². The van der Waals surface area contributed by atoms with Crippen molar-refractivity contribution in [2.75, 3.05) is 31.2 Å². The van der Waals surface area contributed by atoms with E-state index in [0.29, 0.717) is 43.5 Å². The summed E-state index contributed by atoms with van der Waals surface area (Å²) in [4.78, 5) is 25.9. The maximum atomic E-state index is 12.8. The number of para-hydroxylation sites is 1. The molecule has 0 aliphatic carbocycles. The highest BCUT2D eigenvalue weighted by molar-refractivity contribution is 5.86. The van der Waals surface area contributed by atoms with E-state index in [1.165, 1.54) is 0 Å². The molecule has 5 rings (SSSR count). The number of nitrogens with zero attached hydrogens (tertiary/aromatic N) is 5. The van der Waals surface area contributed by atoms with Gasteiger partial charge in [0.25, 0.3) is 0 Å². The molecule has 1 fully saturated rings. The van der Waals surface area contributed by atoms with Gasteiger partial charge in [-0.2, -0.15) is 0 Å². The van der Waals surface area contributed by atoms with Crippen LogP contribution in [0.25, 0.3) is 11.0 Å². The Morgan fingerprint density at radius 3 is 2.89 bits per heavy atom. The van der Waals surface area contributed by atoms with E-state index in [0.717, 1.165) is 29.7 Å². The van der Waals surface area contributed by atoms with Crippen molar-refractivity contribution < 1.29 is 14.1 Å². The van der Waals surface area contributed by atoms with Gasteiger partial charge in [-0.05, 0) is 12.1 Å². The lowest BCUT2D eigenvalue weighted by molar-refractivity contribution is -0.131. The number of hydrogen-bond donors (Lipinski definition) is 0. The molecule has 0 N–H and O–H groups in total. The molecule has 0 bridgehead atoms. The second kappa shape index (κ2) is 6.62. The molecule has 8 nitrogen and oxygen atoms in total. The van der Waals surface area contributed by atoms with Crippen molar-refractivity contribution in [2.24, 2.45) is 0 Å². The minimum Gasteiger partial charge on any atom is -0.378 e. The van der Waals surface area contributed by atoms with Crippen LogP contribution in [0, 0.1) is 0 Å². The molecule has 1 aromatic carbocycles. The Labute approximate surface area is 155 Å². The zero-order chi connectivity index (χ0) is 18.2. The van der Waals surface area contributed by atoms with Gasteiger partial charge in [0.2, 0.25) is 11.9 Å². The zero-order valence-corrected chi connectivity index (χ0v) is 14.8. The summed E-state index contributed by atoms with van der Waals surface area (Å²) in [5.41, 5.74) is 3.30. The molecule has 0 atom stereocenters. The number of carbonyl (C=O) groups excluding carboxylic acids is 1. The second-order valence-electron chi connectivity index (χ2n) is 6.79. The quantitative estimate of drug-likeness (QED) is 0.696. The van der Waals surface area contributed by atoms with Gasteiger partial charge in [-0.3, -0.25) is 4.79 Å². The molecule has 138 valence electrons. The van der Waals surface area contributed by atoms with Crippen LogP contribution in [-0.4, -0.2) is 52.2 Å². The number of amides is 1. The molecule has 0 saturated carbocycles. The van der Waals surface area contributed by atoms with E-state index in [9.17, 15) is 4.79 Å². The number of anilines is 1. The van der Waals surface area contributed by atoms with Crippen molar-refractivity contribution >= 4 is 22.8 Å². The fraction of sp³-hybridized carbons (Fsp3) is 0.368. The third-order valence-corrected chi connectivity index (χ3v) is 5.06. The standard InChI is InChI=1S/C19H19N5O3/c25-18(9-15-14-3-1-2-4-17(14)27-22-15)24-11-13-10-20-19(21-16(13)12-24)23-5-7-26-8-6-23/h1-4,10H,5-9,11-12H2. The van der Waals surface area contributed by atoms with Crippen LogP contribution in [0.1, 0.15) is 17.0 Å². The van der Waals surface area contributed by atoms with Crippen molar-refractivity contribution in [3.8, 4) is 0 Å². The Hall–Kier alpha value is -3.00. The van der Waals surface area contributed by atoms with Gasteiger partial charge in [0, 0.05) is 36.8 Å². The summed E-state index contributed by atoms with van der Waals surface area (Å²) in [6.07, 6.45) is 2.06. The van der Waals surface area contributed by atoms with Gasteiger partial charge < -0.3 is 19.1 Å². The van der Waals surface area contributed by atoms with Gasteiger partial charge in [0.1, 0.15) is 5.69 Å². The first-order valence-electron chi connectivity index (χ1n) is 9.06. The zero-order valence-electron chi connectivity index (χ0n) is 14.8. The van der Waals surface area contributed by atoms with E-state index in [1.807, 2.05) is 30.5 Å². The maximum absolute atomic E-state index is 12.8. The molecule has 3 aromatic rings. The van der Waals surface area contributed by atoms with E-state index in [1.54, 1.807) is 4.90 Å². The van der Waals surface area contributed by atoms with Crippen molar-refractivity contribution in [1.82, 2.24) is 20.0 Å². The first kappa shape index (κ1) is 16.2. The number of fused-ring (bicyclic) bond motifs is 2. The van der Waals surface area contributed by atoms with Crippen LogP contribution < -0.4 is 4.90 Å². The largest absolute Gasteiger partial charge is 0.378 e. The summed E-state index contributed by atoms with van der Waals surface area (Å²) in [5, 5.41) is 4.95. The summed E-state index contributed by atoms with van der Waals surface area (Å²) in [6, 6.07) is 7.58. The molecule has 27 heavy (non-hydrogen) atoms. The van der Waals surface area contributed by atoms with Crippen molar-refractivity contribution in [3.05, 3.63) is 47.4 Å². The molecule has 8 heteroatoms. The molecule has 1 saturated heterocycles. The van der Waals surface area contributed by atoms with Gasteiger partial charge in [-0.25, -0.2) is 9.97 Å². The maximum Gasteiger partial charge on any atom is 0.229 e. The molecule has 2 aromatic heterocycles. The van der Waals surface area contributed by atoms with Crippen LogP contribution in [0.5, 0.6) is 0 Å². The highest BCUT2D eigenvalue weighted by atomic mass is 16.5. The fourth-order valence-electron chi connectivity index (χ4n) is 3.56. The third kappa shape index (κ3) is 3.02. The van der Waals surface area contributed by atoms with E-state index in [-0.39, 0.29) is 12.3 Å². The SMILES string of the molecule is O=C(Cc1noc2ccccc12)N1Cc2cnc(N3CCOCC3)nc2C1. The number of hydrogen-bond acceptors (Lipinski definition) is 7. The van der Waals surface area contributed by atoms with Crippen LogP contribution in [0.3, 0.4) is 0 Å². The topological polar surface area (TPSA) is 84.6 Å². The van der Waals surface area contributed by atoms with Crippen LogP contribution in [-0.2, 0) is 29.0 Å². The Balaban J connectivity index is 1.31. The molecule has 2 aliphatic heterocycles. The summed E-state index contributed by atoms with van der Waals surface area (Å²) in [7, 11) is 0. The van der Waals surface area contributed by atoms with Gasteiger partial charge in [0.15, 0.2) is 5.58 Å². The fourth-order valence-corrected chi connectivity index (χ4v) is 3.56. The number of morpholine rings is 1. The predicted molar refractivity (Wildman–Crippen MR) is 97.0 cm³/mol. The summed E-state index contributed by atoms with van der Waals surface area (Å²) >= 11 is 0. The lowest BCUT2D eigenvalue weighted by Crippen LogP contribution is -2.37. The number of rotatable bonds is 3. The molecular formula is C19H19N5O3. The monoisotopic (exact) mass is 365 g/mol. The van der Waals surface area contributed by atoms with Crippen LogP contribution in [0.2, 0.25) is 0 Å². The highest BCUT2D eigenvalue weighted by Gasteiger charge is 2.27.